The molecular weight excluding hydrogens is 345 g/mol. The number of hydrogen-bond acceptors (Lipinski definition) is 4. The van der Waals surface area contributed by atoms with Crippen LogP contribution in [0.3, 0.4) is 0 Å². The normalized spacial score (nSPS) is 12.0. The molecule has 0 saturated carbocycles. The highest BCUT2D eigenvalue weighted by atomic mass is 79.9. The van der Waals surface area contributed by atoms with E-state index in [2.05, 4.69) is 21.2 Å². The van der Waals surface area contributed by atoms with E-state index in [1.807, 2.05) is 19.1 Å². The van der Waals surface area contributed by atoms with Gasteiger partial charge in [-0.1, -0.05) is 0 Å². The molecular formula is C14H13BrFNO2S. The van der Waals surface area contributed by atoms with Gasteiger partial charge in [-0.2, -0.15) is 0 Å². The van der Waals surface area contributed by atoms with E-state index in [0.717, 1.165) is 8.66 Å². The molecule has 1 aromatic carbocycles. The fourth-order valence-electron chi connectivity index (χ4n) is 1.79. The van der Waals surface area contributed by atoms with Crippen molar-refractivity contribution >= 4 is 38.9 Å². The van der Waals surface area contributed by atoms with Crippen molar-refractivity contribution in [3.8, 4) is 0 Å². The third kappa shape index (κ3) is 3.37. The van der Waals surface area contributed by atoms with E-state index in [1.165, 1.54) is 25.3 Å². The van der Waals surface area contributed by atoms with Crippen LogP contribution in [0.5, 0.6) is 0 Å². The summed E-state index contributed by atoms with van der Waals surface area (Å²) in [6, 6.07) is 7.83. The van der Waals surface area contributed by atoms with Crippen molar-refractivity contribution in [1.82, 2.24) is 0 Å². The summed E-state index contributed by atoms with van der Waals surface area (Å²) in [5.74, 6) is -0.897. The van der Waals surface area contributed by atoms with Gasteiger partial charge in [0, 0.05) is 4.88 Å². The summed E-state index contributed by atoms with van der Waals surface area (Å²) < 4.78 is 19.1. The van der Waals surface area contributed by atoms with E-state index in [9.17, 15) is 9.18 Å². The predicted molar refractivity (Wildman–Crippen MR) is 81.8 cm³/mol. The minimum atomic E-state index is -0.493. The van der Waals surface area contributed by atoms with Crippen molar-refractivity contribution in [2.75, 3.05) is 12.4 Å². The summed E-state index contributed by atoms with van der Waals surface area (Å²) in [4.78, 5) is 12.8. The second-order valence-corrected chi connectivity index (χ2v) is 6.68. The standard InChI is InChI=1S/C14H13BrFNO2S/c1-8(12-5-6-13(15)20-12)17-11-7-9(16)3-4-10(11)14(18)19-2/h3-8,17H,1-2H3. The highest BCUT2D eigenvalue weighted by Gasteiger charge is 2.16. The van der Waals surface area contributed by atoms with Crippen LogP contribution in [0.25, 0.3) is 0 Å². The molecule has 0 aliphatic carbocycles. The molecule has 0 aliphatic rings. The monoisotopic (exact) mass is 357 g/mol. The number of ether oxygens (including phenoxy) is 1. The number of thiophene rings is 1. The number of carbonyl (C=O) groups is 1. The maximum atomic E-state index is 13.4. The van der Waals surface area contributed by atoms with E-state index in [0.29, 0.717) is 11.3 Å². The summed E-state index contributed by atoms with van der Waals surface area (Å²) in [5.41, 5.74) is 0.741. The lowest BCUT2D eigenvalue weighted by Crippen LogP contribution is -2.11. The number of esters is 1. The average Bonchev–Trinajstić information content (AvgIpc) is 2.85. The first kappa shape index (κ1) is 15.0. The highest BCUT2D eigenvalue weighted by molar-refractivity contribution is 9.11. The molecule has 1 atom stereocenters. The Hall–Kier alpha value is -1.40. The first-order valence-electron chi connectivity index (χ1n) is 5.91. The lowest BCUT2D eigenvalue weighted by Gasteiger charge is -2.16. The van der Waals surface area contributed by atoms with Crippen LogP contribution >= 0.6 is 27.3 Å². The largest absolute Gasteiger partial charge is 0.465 e. The molecule has 3 nitrogen and oxygen atoms in total. The minimum absolute atomic E-state index is 0.0449. The van der Waals surface area contributed by atoms with Crippen LogP contribution < -0.4 is 5.32 Å². The van der Waals surface area contributed by atoms with Crippen LogP contribution in [0.15, 0.2) is 34.1 Å². The molecule has 0 spiro atoms. The Morgan fingerprint density at radius 1 is 1.40 bits per heavy atom. The first-order chi connectivity index (χ1) is 9.51. The van der Waals surface area contributed by atoms with Gasteiger partial charge in [0.05, 0.1) is 28.2 Å². The molecule has 0 aliphatic heterocycles. The van der Waals surface area contributed by atoms with Gasteiger partial charge in [-0.3, -0.25) is 0 Å². The van der Waals surface area contributed by atoms with Crippen LogP contribution in [0.4, 0.5) is 10.1 Å². The van der Waals surface area contributed by atoms with E-state index in [1.54, 1.807) is 11.3 Å². The number of halogens is 2. The van der Waals surface area contributed by atoms with Crippen LogP contribution in [-0.4, -0.2) is 13.1 Å². The fraction of sp³-hybridized carbons (Fsp3) is 0.214. The number of hydrogen-bond donors (Lipinski definition) is 1. The predicted octanol–water partition coefficient (Wildman–Crippen LogP) is 4.61. The van der Waals surface area contributed by atoms with E-state index in [4.69, 9.17) is 4.74 Å². The first-order valence-corrected chi connectivity index (χ1v) is 7.52. The van der Waals surface area contributed by atoms with Gasteiger partial charge in [0.15, 0.2) is 0 Å². The quantitative estimate of drug-likeness (QED) is 0.812. The zero-order chi connectivity index (χ0) is 14.7. The SMILES string of the molecule is COC(=O)c1ccc(F)cc1NC(C)c1ccc(Br)s1. The molecule has 0 amide bonds. The Morgan fingerprint density at radius 3 is 2.75 bits per heavy atom. The zero-order valence-electron chi connectivity index (χ0n) is 10.9. The molecule has 106 valence electrons. The maximum Gasteiger partial charge on any atom is 0.339 e. The molecule has 0 fully saturated rings. The molecule has 2 rings (SSSR count). The Kier molecular flexibility index (Phi) is 4.77. The number of carbonyl (C=O) groups excluding carboxylic acids is 1. The van der Waals surface area contributed by atoms with E-state index in [-0.39, 0.29) is 6.04 Å². The van der Waals surface area contributed by atoms with E-state index < -0.39 is 11.8 Å². The van der Waals surface area contributed by atoms with Gasteiger partial charge in [0.1, 0.15) is 5.82 Å². The lowest BCUT2D eigenvalue weighted by atomic mass is 10.1. The maximum absolute atomic E-state index is 13.4. The summed E-state index contributed by atoms with van der Waals surface area (Å²) in [5, 5.41) is 3.14. The average molecular weight is 358 g/mol. The Bertz CT molecular complexity index is 629. The topological polar surface area (TPSA) is 38.3 Å². The van der Waals surface area contributed by atoms with Crippen LogP contribution in [0.1, 0.15) is 28.2 Å². The molecule has 0 radical (unpaired) electrons. The number of benzene rings is 1. The Balaban J connectivity index is 2.28. The van der Waals surface area contributed by atoms with Crippen molar-refractivity contribution in [3.63, 3.8) is 0 Å². The van der Waals surface area contributed by atoms with Crippen LogP contribution in [0, 0.1) is 5.82 Å². The summed E-state index contributed by atoms with van der Waals surface area (Å²) in [7, 11) is 1.30. The smallest absolute Gasteiger partial charge is 0.339 e. The summed E-state index contributed by atoms with van der Waals surface area (Å²) in [6.07, 6.45) is 0. The van der Waals surface area contributed by atoms with Crippen LogP contribution in [0.2, 0.25) is 0 Å². The molecule has 0 saturated heterocycles. The Morgan fingerprint density at radius 2 is 2.15 bits per heavy atom. The third-order valence-corrected chi connectivity index (χ3v) is 4.59. The van der Waals surface area contributed by atoms with Crippen molar-refractivity contribution in [2.24, 2.45) is 0 Å². The van der Waals surface area contributed by atoms with Gasteiger partial charge in [0.2, 0.25) is 0 Å². The van der Waals surface area contributed by atoms with Crippen molar-refractivity contribution < 1.29 is 13.9 Å². The molecule has 6 heteroatoms. The second kappa shape index (κ2) is 6.37. The number of nitrogens with one attached hydrogen (secondary N) is 1. The highest BCUT2D eigenvalue weighted by Crippen LogP contribution is 2.30. The van der Waals surface area contributed by atoms with Gasteiger partial charge < -0.3 is 10.1 Å². The van der Waals surface area contributed by atoms with Crippen molar-refractivity contribution in [2.45, 2.75) is 13.0 Å². The molecule has 20 heavy (non-hydrogen) atoms. The van der Waals surface area contributed by atoms with Crippen LogP contribution in [-0.2, 0) is 4.74 Å². The van der Waals surface area contributed by atoms with Gasteiger partial charge in [-0.15, -0.1) is 11.3 Å². The van der Waals surface area contributed by atoms with Gasteiger partial charge in [0.25, 0.3) is 0 Å². The summed E-state index contributed by atoms with van der Waals surface area (Å²) in [6.45, 7) is 1.95. The van der Waals surface area contributed by atoms with Crippen molar-refractivity contribution in [3.05, 3.63) is 50.4 Å². The number of methoxy groups -OCH3 is 1. The van der Waals surface area contributed by atoms with E-state index >= 15 is 0 Å². The molecule has 1 heterocycles. The summed E-state index contributed by atoms with van der Waals surface area (Å²) >= 11 is 4.99. The molecule has 2 aromatic rings. The Labute approximate surface area is 128 Å². The minimum Gasteiger partial charge on any atom is -0.465 e. The van der Waals surface area contributed by atoms with Gasteiger partial charge in [-0.05, 0) is 53.2 Å². The fourth-order valence-corrected chi connectivity index (χ4v) is 3.22. The second-order valence-electron chi connectivity index (χ2n) is 4.19. The molecule has 1 unspecified atom stereocenters. The van der Waals surface area contributed by atoms with Gasteiger partial charge in [-0.25, -0.2) is 9.18 Å². The molecule has 1 N–H and O–H groups in total. The lowest BCUT2D eigenvalue weighted by molar-refractivity contribution is 0.0601. The third-order valence-electron chi connectivity index (χ3n) is 2.78. The number of rotatable bonds is 4. The van der Waals surface area contributed by atoms with Crippen molar-refractivity contribution in [1.29, 1.82) is 0 Å². The zero-order valence-corrected chi connectivity index (χ0v) is 13.3. The number of anilines is 1. The molecule has 1 aromatic heterocycles. The van der Waals surface area contributed by atoms with Gasteiger partial charge >= 0.3 is 5.97 Å². The molecule has 0 bridgehead atoms.